The molecule has 6 N–H and O–H groups in total. The molecule has 320 valence electrons. The number of benzene rings is 8. The fourth-order valence-corrected chi connectivity index (χ4v) is 8.47. The van der Waals surface area contributed by atoms with Crippen LogP contribution in [0.3, 0.4) is 0 Å². The smallest absolute Gasteiger partial charge is 0.255 e. The van der Waals surface area contributed by atoms with E-state index in [9.17, 15) is 9.59 Å². The Morgan fingerprint density at radius 3 is 1.19 bits per heavy atom. The van der Waals surface area contributed by atoms with Gasteiger partial charge in [-0.1, -0.05) is 24.3 Å². The Morgan fingerprint density at radius 2 is 0.825 bits per heavy atom. The molecule has 0 bridgehead atoms. The van der Waals surface area contributed by atoms with Gasteiger partial charge in [0, 0.05) is 59.5 Å². The van der Waals surface area contributed by atoms with Crippen LogP contribution in [-0.2, 0) is 10.4 Å². The fourth-order valence-electron chi connectivity index (χ4n) is 8.47. The molecule has 0 saturated carbocycles. The summed E-state index contributed by atoms with van der Waals surface area (Å²) < 4.78 is 46.2. The van der Waals surface area contributed by atoms with E-state index in [0.29, 0.717) is 33.5 Å². The minimum absolute atomic E-state index is 0.0159. The van der Waals surface area contributed by atoms with Crippen LogP contribution in [0.2, 0.25) is 0 Å². The molecule has 0 spiro atoms. The number of nitrogens with two attached hydrogens (primary N) is 2. The van der Waals surface area contributed by atoms with Crippen molar-refractivity contribution in [2.75, 3.05) is 47.4 Å². The SMILES string of the molecule is CCN(CC)c1c(N)cc2c(ccc3c2ccc2oc4ccccc4[nH+]c23)c1=O.CCN(CC)c1c(N)cc2c(ccc3c2ccc2oc4ccccc4[nH+]c23)c1=O.O=S(=O)([O-])[O-]. The van der Waals surface area contributed by atoms with Gasteiger partial charge >= 0.3 is 0 Å². The van der Waals surface area contributed by atoms with Gasteiger partial charge in [0.2, 0.25) is 21.9 Å². The highest BCUT2D eigenvalue weighted by molar-refractivity contribution is 7.79. The van der Waals surface area contributed by atoms with E-state index in [1.165, 1.54) is 0 Å². The Kier molecular flexibility index (Phi) is 11.3. The second-order valence-electron chi connectivity index (χ2n) is 14.9. The molecule has 0 atom stereocenters. The normalized spacial score (nSPS) is 11.7. The molecule has 0 aliphatic rings. The molecule has 10 rings (SSSR count). The second kappa shape index (κ2) is 16.9. The molecule has 0 amide bonds. The van der Waals surface area contributed by atoms with Crippen LogP contribution in [0.1, 0.15) is 27.7 Å². The van der Waals surface area contributed by atoms with Gasteiger partial charge in [0.15, 0.2) is 22.3 Å². The van der Waals surface area contributed by atoms with Crippen LogP contribution in [0.5, 0.6) is 0 Å². The number of hydrogen-bond acceptors (Lipinski definition) is 12. The van der Waals surface area contributed by atoms with Gasteiger partial charge in [0.25, 0.3) is 11.0 Å². The van der Waals surface area contributed by atoms with Crippen LogP contribution in [-0.4, -0.2) is 43.7 Å². The van der Waals surface area contributed by atoms with Crippen LogP contribution >= 0.6 is 0 Å². The zero-order chi connectivity index (χ0) is 44.7. The van der Waals surface area contributed by atoms with Crippen molar-refractivity contribution in [3.05, 3.63) is 130 Å². The predicted octanol–water partition coefficient (Wildman–Crippen LogP) is 7.65. The van der Waals surface area contributed by atoms with E-state index >= 15 is 0 Å². The van der Waals surface area contributed by atoms with Gasteiger partial charge in [-0.3, -0.25) is 18.0 Å². The van der Waals surface area contributed by atoms with E-state index in [4.69, 9.17) is 37.8 Å². The number of nitrogens with one attached hydrogen (secondary N) is 2. The first-order valence-corrected chi connectivity index (χ1v) is 21.8. The average molecular weight is 865 g/mol. The minimum atomic E-state index is -5.17. The summed E-state index contributed by atoms with van der Waals surface area (Å²) in [6.45, 7) is 11.1. The van der Waals surface area contributed by atoms with Gasteiger partial charge in [-0.2, -0.15) is 9.97 Å². The third kappa shape index (κ3) is 7.89. The lowest BCUT2D eigenvalue weighted by Crippen LogP contribution is -2.28. The summed E-state index contributed by atoms with van der Waals surface area (Å²) in [6, 6.07) is 35.2. The van der Waals surface area contributed by atoms with Crippen molar-refractivity contribution in [3.63, 3.8) is 0 Å². The molecular formula is C48H44N6O8S. The monoisotopic (exact) mass is 864 g/mol. The van der Waals surface area contributed by atoms with Gasteiger partial charge in [0.1, 0.15) is 11.4 Å². The van der Waals surface area contributed by atoms with Crippen molar-refractivity contribution in [3.8, 4) is 0 Å². The van der Waals surface area contributed by atoms with Crippen molar-refractivity contribution in [1.82, 2.24) is 0 Å². The van der Waals surface area contributed by atoms with Crippen LogP contribution in [0, 0.1) is 0 Å². The molecular weight excluding hydrogens is 821 g/mol. The number of hydrogen-bond donors (Lipinski definition) is 2. The van der Waals surface area contributed by atoms with Gasteiger partial charge in [-0.15, -0.1) is 0 Å². The maximum atomic E-state index is 13.2. The van der Waals surface area contributed by atoms with Crippen molar-refractivity contribution in [1.29, 1.82) is 0 Å². The Balaban J connectivity index is 0.000000156. The Bertz CT molecular complexity index is 3430. The molecule has 0 aliphatic heterocycles. The summed E-state index contributed by atoms with van der Waals surface area (Å²) in [5.41, 5.74) is 21.7. The first kappa shape index (κ1) is 42.4. The Labute approximate surface area is 360 Å². The fraction of sp³-hybridized carbons (Fsp3) is 0.167. The Morgan fingerprint density at radius 1 is 0.492 bits per heavy atom. The van der Waals surface area contributed by atoms with Crippen molar-refractivity contribution < 1.29 is 36.3 Å². The summed E-state index contributed by atoms with van der Waals surface area (Å²) in [6.07, 6.45) is 0. The van der Waals surface area contributed by atoms with Crippen LogP contribution in [0.25, 0.3) is 87.5 Å². The van der Waals surface area contributed by atoms with Crippen LogP contribution < -0.4 is 42.1 Å². The number of anilines is 4. The quantitative estimate of drug-likeness (QED) is 0.0540. The largest absolute Gasteiger partial charge is 0.759 e. The standard InChI is InChI=1S/2C24H21N3O2.H2O4S/c2*1-3-27(4-2)23-18(25)13-17-14-11-12-21-22(15(14)9-10-16(17)24(23)28)26-19-7-5-6-8-20(19)29-21;1-5(2,3)4/h2*5-13H,3-4,25H2,1-2H3;(H2,1,2,3,4). The van der Waals surface area contributed by atoms with E-state index in [1.807, 2.05) is 147 Å². The number of nitrogen functional groups attached to an aromatic ring is 2. The summed E-state index contributed by atoms with van der Waals surface area (Å²) >= 11 is 0. The molecule has 8 aromatic carbocycles. The van der Waals surface area contributed by atoms with Crippen LogP contribution in [0.4, 0.5) is 22.7 Å². The zero-order valence-corrected chi connectivity index (χ0v) is 35.8. The Hall–Kier alpha value is -7.33. The second-order valence-corrected chi connectivity index (χ2v) is 15.7. The molecule has 0 aliphatic carbocycles. The zero-order valence-electron chi connectivity index (χ0n) is 34.9. The lowest BCUT2D eigenvalue weighted by molar-refractivity contribution is -0.311. The predicted molar refractivity (Wildman–Crippen MR) is 250 cm³/mol. The van der Waals surface area contributed by atoms with Gasteiger partial charge in [0.05, 0.1) is 22.1 Å². The molecule has 0 radical (unpaired) electrons. The number of H-pyrrole nitrogens is 2. The number of para-hydroxylation sites is 4. The molecule has 0 saturated heterocycles. The van der Waals surface area contributed by atoms with Gasteiger partial charge in [-0.25, -0.2) is 0 Å². The summed E-state index contributed by atoms with van der Waals surface area (Å²) in [4.78, 5) is 37.5. The maximum Gasteiger partial charge on any atom is 0.255 e. The molecule has 2 aromatic heterocycles. The highest BCUT2D eigenvalue weighted by Gasteiger charge is 2.21. The van der Waals surface area contributed by atoms with Crippen molar-refractivity contribution in [2.45, 2.75) is 27.7 Å². The average Bonchev–Trinajstić information content (AvgIpc) is 3.27. The number of nitrogens with zero attached hydrogens (tertiary/aromatic N) is 2. The number of rotatable bonds is 6. The highest BCUT2D eigenvalue weighted by Crippen LogP contribution is 2.35. The van der Waals surface area contributed by atoms with Crippen molar-refractivity contribution in [2.24, 2.45) is 0 Å². The lowest BCUT2D eigenvalue weighted by atomic mass is 9.99. The lowest BCUT2D eigenvalue weighted by Gasteiger charge is -2.22. The number of aromatic amines is 2. The summed E-state index contributed by atoms with van der Waals surface area (Å²) in [7, 11) is -5.17. The third-order valence-electron chi connectivity index (χ3n) is 11.4. The first-order valence-electron chi connectivity index (χ1n) is 20.5. The maximum absolute atomic E-state index is 13.2. The summed E-state index contributed by atoms with van der Waals surface area (Å²) in [5, 5.41) is 7.06. The molecule has 10 aromatic rings. The number of fused-ring (bicyclic) bond motifs is 12. The highest BCUT2D eigenvalue weighted by atomic mass is 32.3. The van der Waals surface area contributed by atoms with E-state index in [0.717, 1.165) is 103 Å². The van der Waals surface area contributed by atoms with Gasteiger partial charge < -0.3 is 39.2 Å². The van der Waals surface area contributed by atoms with E-state index in [-0.39, 0.29) is 10.9 Å². The minimum Gasteiger partial charge on any atom is -0.759 e. The molecule has 0 fully saturated rings. The van der Waals surface area contributed by atoms with Gasteiger partial charge in [-0.05, 0) is 122 Å². The van der Waals surface area contributed by atoms with E-state index < -0.39 is 10.4 Å². The van der Waals surface area contributed by atoms with E-state index in [1.54, 1.807) is 0 Å². The molecule has 63 heavy (non-hydrogen) atoms. The molecule has 2 heterocycles. The molecule has 0 unspecified atom stereocenters. The first-order chi connectivity index (χ1) is 30.2. The van der Waals surface area contributed by atoms with Crippen molar-refractivity contribution >= 4 is 121 Å². The summed E-state index contributed by atoms with van der Waals surface area (Å²) in [5.74, 6) is 0. The topological polar surface area (TPSA) is 227 Å². The molecule has 14 nitrogen and oxygen atoms in total. The molecule has 15 heteroatoms. The van der Waals surface area contributed by atoms with E-state index in [2.05, 4.69) is 9.97 Å². The third-order valence-corrected chi connectivity index (χ3v) is 11.4. The van der Waals surface area contributed by atoms with Crippen LogP contribution in [0.15, 0.2) is 128 Å². The number of aromatic nitrogens is 2.